The van der Waals surface area contributed by atoms with E-state index in [2.05, 4.69) is 5.32 Å². The Hall–Kier alpha value is -2.04. The Balaban J connectivity index is 1.87. The molecule has 0 spiro atoms. The van der Waals surface area contributed by atoms with Gasteiger partial charge in [0.25, 0.3) is 0 Å². The molecule has 0 aromatic heterocycles. The predicted octanol–water partition coefficient (Wildman–Crippen LogP) is 6.10. The second-order valence-corrected chi connectivity index (χ2v) is 9.41. The quantitative estimate of drug-likeness (QED) is 0.502. The number of nitrogens with one attached hydrogen (secondary N) is 1. The molecule has 1 unspecified atom stereocenters. The maximum atomic E-state index is 13.5. The first-order chi connectivity index (χ1) is 15.4. The van der Waals surface area contributed by atoms with Gasteiger partial charge in [0, 0.05) is 28.2 Å². The minimum atomic E-state index is -0.583. The molecule has 1 fully saturated rings. The van der Waals surface area contributed by atoms with Crippen LogP contribution in [0, 0.1) is 6.92 Å². The van der Waals surface area contributed by atoms with Crippen molar-refractivity contribution < 1.29 is 9.59 Å². The maximum Gasteiger partial charge on any atom is 0.243 e. The molecule has 1 atom stereocenters. The first kappa shape index (κ1) is 24.6. The van der Waals surface area contributed by atoms with Crippen molar-refractivity contribution in [3.63, 3.8) is 0 Å². The van der Waals surface area contributed by atoms with E-state index < -0.39 is 6.04 Å². The highest BCUT2D eigenvalue weighted by molar-refractivity contribution is 6.36. The van der Waals surface area contributed by atoms with Crippen LogP contribution in [0.5, 0.6) is 0 Å². The van der Waals surface area contributed by atoms with Gasteiger partial charge in [0.05, 0.1) is 6.42 Å². The first-order valence-electron chi connectivity index (χ1n) is 11.5. The third-order valence-corrected chi connectivity index (χ3v) is 7.04. The van der Waals surface area contributed by atoms with Gasteiger partial charge in [-0.25, -0.2) is 0 Å². The van der Waals surface area contributed by atoms with Crippen molar-refractivity contribution >= 4 is 35.0 Å². The number of carbonyl (C=O) groups excluding carboxylic acids is 2. The van der Waals surface area contributed by atoms with Gasteiger partial charge in [0.1, 0.15) is 6.04 Å². The molecule has 1 N–H and O–H groups in total. The van der Waals surface area contributed by atoms with Crippen molar-refractivity contribution in [2.24, 2.45) is 0 Å². The minimum absolute atomic E-state index is 0.0966. The SMILES string of the molecule is CCC(C(=O)NC1CCCCC1)N(Cc1c(Cl)cccc1Cl)C(=O)Cc1ccccc1C. The topological polar surface area (TPSA) is 49.4 Å². The van der Waals surface area contributed by atoms with Crippen LogP contribution in [-0.2, 0) is 22.6 Å². The lowest BCUT2D eigenvalue weighted by atomic mass is 9.95. The second kappa shape index (κ2) is 11.7. The Morgan fingerprint density at radius 3 is 2.31 bits per heavy atom. The van der Waals surface area contributed by atoms with E-state index in [-0.39, 0.29) is 30.8 Å². The van der Waals surface area contributed by atoms with Crippen molar-refractivity contribution in [3.05, 3.63) is 69.2 Å². The zero-order valence-electron chi connectivity index (χ0n) is 18.9. The number of aryl methyl sites for hydroxylation is 1. The summed E-state index contributed by atoms with van der Waals surface area (Å²) in [5.41, 5.74) is 2.67. The Morgan fingerprint density at radius 1 is 1.03 bits per heavy atom. The molecule has 0 heterocycles. The van der Waals surface area contributed by atoms with Crippen LogP contribution in [0.1, 0.15) is 62.1 Å². The van der Waals surface area contributed by atoms with Gasteiger partial charge in [-0.15, -0.1) is 0 Å². The van der Waals surface area contributed by atoms with Crippen molar-refractivity contribution in [2.75, 3.05) is 0 Å². The molecule has 0 bridgehead atoms. The Labute approximate surface area is 201 Å². The molecule has 32 heavy (non-hydrogen) atoms. The third-order valence-electron chi connectivity index (χ3n) is 6.33. The summed E-state index contributed by atoms with van der Waals surface area (Å²) in [6, 6.07) is 12.7. The standard InChI is InChI=1S/C26H32Cl2N2O2/c1-3-24(26(32)29-20-12-5-4-6-13-20)30(17-21-22(27)14-9-15-23(21)28)25(31)16-19-11-8-7-10-18(19)2/h7-11,14-15,20,24H,3-6,12-13,16-17H2,1-2H3,(H,29,32). The fraction of sp³-hybridized carbons (Fsp3) is 0.462. The van der Waals surface area contributed by atoms with Gasteiger partial charge in [0.2, 0.25) is 11.8 Å². The van der Waals surface area contributed by atoms with E-state index in [4.69, 9.17) is 23.2 Å². The van der Waals surface area contributed by atoms with Crippen LogP contribution < -0.4 is 5.32 Å². The van der Waals surface area contributed by atoms with Gasteiger partial charge >= 0.3 is 0 Å². The predicted molar refractivity (Wildman–Crippen MR) is 131 cm³/mol. The molecule has 0 radical (unpaired) electrons. The van der Waals surface area contributed by atoms with Crippen LogP contribution in [0.25, 0.3) is 0 Å². The number of nitrogens with zero attached hydrogens (tertiary/aromatic N) is 1. The van der Waals surface area contributed by atoms with Crippen molar-refractivity contribution in [1.82, 2.24) is 10.2 Å². The minimum Gasteiger partial charge on any atom is -0.352 e. The molecule has 1 aliphatic carbocycles. The number of hydrogen-bond acceptors (Lipinski definition) is 2. The highest BCUT2D eigenvalue weighted by Crippen LogP contribution is 2.28. The van der Waals surface area contributed by atoms with E-state index >= 15 is 0 Å². The summed E-state index contributed by atoms with van der Waals surface area (Å²) in [6.45, 7) is 4.12. The zero-order chi connectivity index (χ0) is 23.1. The molecule has 4 nitrogen and oxygen atoms in total. The van der Waals surface area contributed by atoms with E-state index in [0.29, 0.717) is 22.0 Å². The molecular weight excluding hydrogens is 443 g/mol. The van der Waals surface area contributed by atoms with Crippen LogP contribution in [0.4, 0.5) is 0 Å². The summed E-state index contributed by atoms with van der Waals surface area (Å²) >= 11 is 12.8. The van der Waals surface area contributed by atoms with Crippen molar-refractivity contribution in [3.8, 4) is 0 Å². The van der Waals surface area contributed by atoms with E-state index in [1.165, 1.54) is 6.42 Å². The van der Waals surface area contributed by atoms with E-state index in [9.17, 15) is 9.59 Å². The lowest BCUT2D eigenvalue weighted by Crippen LogP contribution is -2.52. The normalized spacial score (nSPS) is 15.2. The van der Waals surface area contributed by atoms with Gasteiger partial charge in [0.15, 0.2) is 0 Å². The molecule has 3 rings (SSSR count). The van der Waals surface area contributed by atoms with E-state index in [1.54, 1.807) is 23.1 Å². The van der Waals surface area contributed by atoms with Crippen LogP contribution in [-0.4, -0.2) is 28.8 Å². The van der Waals surface area contributed by atoms with Crippen LogP contribution >= 0.6 is 23.2 Å². The smallest absolute Gasteiger partial charge is 0.243 e. The first-order valence-corrected chi connectivity index (χ1v) is 12.2. The third kappa shape index (κ3) is 6.26. The Bertz CT molecular complexity index is 921. The fourth-order valence-corrected chi connectivity index (χ4v) is 4.91. The zero-order valence-corrected chi connectivity index (χ0v) is 20.4. The number of amides is 2. The van der Waals surface area contributed by atoms with Crippen LogP contribution in [0.2, 0.25) is 10.0 Å². The highest BCUT2D eigenvalue weighted by Gasteiger charge is 2.31. The number of carbonyl (C=O) groups is 2. The summed E-state index contributed by atoms with van der Waals surface area (Å²) in [6.07, 6.45) is 6.21. The molecule has 172 valence electrons. The fourth-order valence-electron chi connectivity index (χ4n) is 4.39. The molecule has 0 aliphatic heterocycles. The Morgan fingerprint density at radius 2 is 1.69 bits per heavy atom. The highest BCUT2D eigenvalue weighted by atomic mass is 35.5. The molecule has 2 aromatic carbocycles. The van der Waals surface area contributed by atoms with Gasteiger partial charge in [-0.1, -0.05) is 79.7 Å². The lowest BCUT2D eigenvalue weighted by Gasteiger charge is -2.33. The van der Waals surface area contributed by atoms with Gasteiger partial charge in [-0.05, 0) is 49.4 Å². The van der Waals surface area contributed by atoms with Gasteiger partial charge < -0.3 is 10.2 Å². The maximum absolute atomic E-state index is 13.5. The summed E-state index contributed by atoms with van der Waals surface area (Å²) in [4.78, 5) is 28.5. The molecule has 0 saturated heterocycles. The van der Waals surface area contributed by atoms with Crippen molar-refractivity contribution in [1.29, 1.82) is 0 Å². The molecule has 2 amide bonds. The van der Waals surface area contributed by atoms with Crippen LogP contribution in [0.15, 0.2) is 42.5 Å². The molecule has 1 aliphatic rings. The van der Waals surface area contributed by atoms with Crippen molar-refractivity contribution in [2.45, 2.75) is 77.4 Å². The van der Waals surface area contributed by atoms with Crippen LogP contribution in [0.3, 0.4) is 0 Å². The van der Waals surface area contributed by atoms with E-state index in [1.807, 2.05) is 38.1 Å². The Kier molecular flexibility index (Phi) is 9.01. The monoisotopic (exact) mass is 474 g/mol. The number of rotatable bonds is 8. The second-order valence-electron chi connectivity index (χ2n) is 8.59. The molecule has 2 aromatic rings. The van der Waals surface area contributed by atoms with Gasteiger partial charge in [-0.2, -0.15) is 0 Å². The number of halogens is 2. The summed E-state index contributed by atoms with van der Waals surface area (Å²) in [7, 11) is 0. The van der Waals surface area contributed by atoms with Gasteiger partial charge in [-0.3, -0.25) is 9.59 Å². The molecular formula is C26H32Cl2N2O2. The summed E-state index contributed by atoms with van der Waals surface area (Å²) in [5.74, 6) is -0.207. The summed E-state index contributed by atoms with van der Waals surface area (Å²) < 4.78 is 0. The molecule has 6 heteroatoms. The lowest BCUT2D eigenvalue weighted by molar-refractivity contribution is -0.141. The number of hydrogen-bond donors (Lipinski definition) is 1. The summed E-state index contributed by atoms with van der Waals surface area (Å²) in [5, 5.41) is 4.19. The largest absolute Gasteiger partial charge is 0.352 e. The average molecular weight is 475 g/mol. The average Bonchev–Trinajstić information content (AvgIpc) is 2.77. The van der Waals surface area contributed by atoms with E-state index in [0.717, 1.165) is 36.8 Å². The molecule has 1 saturated carbocycles. The number of benzene rings is 2.